The summed E-state index contributed by atoms with van der Waals surface area (Å²) in [6.07, 6.45) is 0. The zero-order valence-electron chi connectivity index (χ0n) is 5.99. The normalized spacial score (nSPS) is 12.0. The van der Waals surface area contributed by atoms with E-state index in [-0.39, 0.29) is 6.04 Å². The van der Waals surface area contributed by atoms with Crippen molar-refractivity contribution in [3.05, 3.63) is 40.7 Å². The Hall–Kier alpha value is -1.29. The first-order valence-corrected chi connectivity index (χ1v) is 3.29. The molecule has 0 saturated heterocycles. The molecule has 0 aliphatic rings. The topological polar surface area (TPSA) is 4.36 Å². The summed E-state index contributed by atoms with van der Waals surface area (Å²) in [5, 5.41) is 0. The van der Waals surface area contributed by atoms with Gasteiger partial charge in [-0.15, -0.1) is 0 Å². The molecule has 0 fully saturated rings. The van der Waals surface area contributed by atoms with Gasteiger partial charge in [0.05, 0.1) is 0 Å². The Morgan fingerprint density at radius 2 is 1.90 bits per heavy atom. The molecular formula is C9H10N+. The molecule has 0 unspecified atom stereocenters. The van der Waals surface area contributed by atoms with Crippen molar-refractivity contribution in [3.63, 3.8) is 0 Å². The molecule has 1 aromatic carbocycles. The van der Waals surface area contributed by atoms with Crippen molar-refractivity contribution in [1.29, 1.82) is 0 Å². The molecule has 0 aliphatic carbocycles. The summed E-state index contributed by atoms with van der Waals surface area (Å²) in [5.74, 6) is 0. The van der Waals surface area contributed by atoms with Gasteiger partial charge >= 0.3 is 0 Å². The van der Waals surface area contributed by atoms with Crippen LogP contribution in [-0.2, 0) is 0 Å². The molecule has 0 radical (unpaired) electrons. The fourth-order valence-corrected chi connectivity index (χ4v) is 0.818. The quantitative estimate of drug-likeness (QED) is 0.553. The van der Waals surface area contributed by atoms with Crippen LogP contribution in [0.15, 0.2) is 30.3 Å². The molecule has 0 aliphatic heterocycles. The van der Waals surface area contributed by atoms with E-state index in [1.54, 1.807) is 0 Å². The van der Waals surface area contributed by atoms with Gasteiger partial charge in [0.15, 0.2) is 0 Å². The van der Waals surface area contributed by atoms with Crippen LogP contribution < -0.4 is 0 Å². The number of benzene rings is 1. The molecule has 0 amide bonds. The summed E-state index contributed by atoms with van der Waals surface area (Å²) in [6, 6.07) is 10.1. The monoisotopic (exact) mass is 132 g/mol. The van der Waals surface area contributed by atoms with Crippen LogP contribution in [-0.4, -0.2) is 0 Å². The van der Waals surface area contributed by atoms with Crippen LogP contribution in [0.5, 0.6) is 0 Å². The second-order valence-electron chi connectivity index (χ2n) is 2.24. The molecule has 50 valence electrons. The minimum Gasteiger partial charge on any atom is -0.0787 e. The smallest absolute Gasteiger partial charge is 0.0787 e. The van der Waals surface area contributed by atoms with Crippen molar-refractivity contribution in [2.24, 2.45) is 0 Å². The standard InChI is InChI=1S/C9H10N/c1-8(10-2)9-6-4-3-5-7-9/h2-8H,1H3/q+1/t8-/m0/s1. The fraction of sp³-hybridized carbons (Fsp3) is 0.222. The lowest BCUT2D eigenvalue weighted by molar-refractivity contribution is 0.965. The first-order valence-electron chi connectivity index (χ1n) is 3.29. The fourth-order valence-electron chi connectivity index (χ4n) is 0.818. The lowest BCUT2D eigenvalue weighted by Crippen LogP contribution is -1.83. The third-order valence-corrected chi connectivity index (χ3v) is 1.51. The number of hydrogen-bond acceptors (Lipinski definition) is 0. The predicted octanol–water partition coefficient (Wildman–Crippen LogP) is 2.71. The Labute approximate surface area is 61.1 Å². The third kappa shape index (κ3) is 1.35. The average molecular weight is 132 g/mol. The molecule has 0 N–H and O–H groups in total. The van der Waals surface area contributed by atoms with Crippen LogP contribution in [0.3, 0.4) is 0 Å². The third-order valence-electron chi connectivity index (χ3n) is 1.51. The van der Waals surface area contributed by atoms with E-state index in [2.05, 4.69) is 4.85 Å². The van der Waals surface area contributed by atoms with E-state index >= 15 is 0 Å². The molecule has 10 heavy (non-hydrogen) atoms. The van der Waals surface area contributed by atoms with Gasteiger partial charge in [0, 0.05) is 12.5 Å². The summed E-state index contributed by atoms with van der Waals surface area (Å²) in [7, 11) is 0. The zero-order chi connectivity index (χ0) is 7.40. The molecule has 1 heteroatoms. The molecule has 0 saturated carbocycles. The van der Waals surface area contributed by atoms with Gasteiger partial charge in [-0.05, 0) is 0 Å². The van der Waals surface area contributed by atoms with Crippen molar-refractivity contribution in [3.8, 4) is 6.57 Å². The Bertz CT molecular complexity index is 233. The highest BCUT2D eigenvalue weighted by Crippen LogP contribution is 2.14. The number of rotatable bonds is 1. The molecule has 0 aromatic heterocycles. The molecular weight excluding hydrogens is 122 g/mol. The molecule has 0 heterocycles. The molecule has 1 nitrogen and oxygen atoms in total. The SMILES string of the molecule is C#[N+][C@@H](C)c1ccccc1. The van der Waals surface area contributed by atoms with Gasteiger partial charge in [0.2, 0.25) is 0 Å². The maximum atomic E-state index is 5.13. The van der Waals surface area contributed by atoms with E-state index in [1.165, 1.54) is 0 Å². The van der Waals surface area contributed by atoms with Gasteiger partial charge in [0.25, 0.3) is 12.6 Å². The maximum Gasteiger partial charge on any atom is 0.294 e. The Kier molecular flexibility index (Phi) is 2.07. The van der Waals surface area contributed by atoms with Crippen molar-refractivity contribution in [2.45, 2.75) is 13.0 Å². The summed E-state index contributed by atoms with van der Waals surface area (Å²) >= 11 is 0. The maximum absolute atomic E-state index is 5.13. The van der Waals surface area contributed by atoms with Crippen LogP contribution >= 0.6 is 0 Å². The van der Waals surface area contributed by atoms with Crippen LogP contribution in [0.1, 0.15) is 18.5 Å². The van der Waals surface area contributed by atoms with Crippen LogP contribution in [0.25, 0.3) is 4.85 Å². The van der Waals surface area contributed by atoms with Crippen molar-refractivity contribution in [2.75, 3.05) is 0 Å². The minimum atomic E-state index is 0.112. The number of nitrogens with zero attached hydrogens (tertiary/aromatic N) is 1. The highest BCUT2D eigenvalue weighted by molar-refractivity contribution is 5.20. The largest absolute Gasteiger partial charge is 0.294 e. The van der Waals surface area contributed by atoms with Gasteiger partial charge in [0.1, 0.15) is 0 Å². The second kappa shape index (κ2) is 3.03. The van der Waals surface area contributed by atoms with Crippen molar-refractivity contribution >= 4 is 0 Å². The van der Waals surface area contributed by atoms with E-state index in [0.29, 0.717) is 0 Å². The lowest BCUT2D eigenvalue weighted by atomic mass is 10.1. The van der Waals surface area contributed by atoms with Gasteiger partial charge in [-0.3, -0.25) is 0 Å². The Morgan fingerprint density at radius 3 is 2.40 bits per heavy atom. The van der Waals surface area contributed by atoms with E-state index < -0.39 is 0 Å². The van der Waals surface area contributed by atoms with Crippen LogP contribution in [0, 0.1) is 6.57 Å². The zero-order valence-corrected chi connectivity index (χ0v) is 5.99. The summed E-state index contributed by atoms with van der Waals surface area (Å²) in [5.41, 5.74) is 1.16. The predicted molar refractivity (Wildman–Crippen MR) is 43.2 cm³/mol. The molecule has 1 atom stereocenters. The second-order valence-corrected chi connectivity index (χ2v) is 2.24. The van der Waals surface area contributed by atoms with Crippen LogP contribution in [0.4, 0.5) is 0 Å². The summed E-state index contributed by atoms with van der Waals surface area (Å²) < 4.78 is 0. The van der Waals surface area contributed by atoms with E-state index in [0.717, 1.165) is 5.56 Å². The van der Waals surface area contributed by atoms with Gasteiger partial charge in [-0.2, -0.15) is 0 Å². The molecule has 1 rings (SSSR count). The minimum absolute atomic E-state index is 0.112. The van der Waals surface area contributed by atoms with Crippen molar-refractivity contribution < 1.29 is 0 Å². The Morgan fingerprint density at radius 1 is 1.30 bits per heavy atom. The highest BCUT2D eigenvalue weighted by atomic mass is 14.7. The summed E-state index contributed by atoms with van der Waals surface area (Å²) in [6.45, 7) is 7.10. The number of hydrogen-bond donors (Lipinski definition) is 0. The van der Waals surface area contributed by atoms with Crippen LogP contribution in [0.2, 0.25) is 0 Å². The average Bonchev–Trinajstić information content (AvgIpc) is 2.05. The Balaban J connectivity index is 2.88. The lowest BCUT2D eigenvalue weighted by Gasteiger charge is -1.91. The van der Waals surface area contributed by atoms with Crippen molar-refractivity contribution in [1.82, 2.24) is 0 Å². The van der Waals surface area contributed by atoms with Gasteiger partial charge in [-0.25, -0.2) is 0 Å². The highest BCUT2D eigenvalue weighted by Gasteiger charge is 2.09. The molecule has 0 spiro atoms. The first kappa shape index (κ1) is 6.82. The van der Waals surface area contributed by atoms with E-state index in [9.17, 15) is 0 Å². The molecule has 0 bridgehead atoms. The van der Waals surface area contributed by atoms with E-state index in [4.69, 9.17) is 6.57 Å². The first-order chi connectivity index (χ1) is 4.84. The summed E-state index contributed by atoms with van der Waals surface area (Å²) in [4.78, 5) is 3.66. The molecule has 1 aromatic rings. The van der Waals surface area contributed by atoms with Gasteiger partial charge in [-0.1, -0.05) is 35.2 Å². The van der Waals surface area contributed by atoms with E-state index in [1.807, 2.05) is 37.3 Å². The van der Waals surface area contributed by atoms with Gasteiger partial charge < -0.3 is 0 Å².